The maximum atomic E-state index is 12.2. The van der Waals surface area contributed by atoms with E-state index in [0.717, 1.165) is 0 Å². The molecule has 0 aliphatic heterocycles. The molecular weight excluding hydrogens is 272 g/mol. The molecule has 6 nitrogen and oxygen atoms in total. The van der Waals surface area contributed by atoms with E-state index >= 15 is 0 Å². The number of carbonyl (C=O) groups is 2. The van der Waals surface area contributed by atoms with E-state index < -0.39 is 12.1 Å². The lowest BCUT2D eigenvalue weighted by Gasteiger charge is -2.10. The van der Waals surface area contributed by atoms with Gasteiger partial charge < -0.3 is 4.74 Å². The van der Waals surface area contributed by atoms with E-state index in [4.69, 9.17) is 4.74 Å². The van der Waals surface area contributed by atoms with Crippen molar-refractivity contribution in [2.24, 2.45) is 0 Å². The lowest BCUT2D eigenvalue weighted by atomic mass is 10.2. The highest BCUT2D eigenvalue weighted by Gasteiger charge is 2.14. The number of esters is 1. The molecular formula is C15H16N2O4. The van der Waals surface area contributed by atoms with Crippen molar-refractivity contribution in [1.82, 2.24) is 9.55 Å². The van der Waals surface area contributed by atoms with Gasteiger partial charge in [0.15, 0.2) is 11.9 Å². The molecule has 6 heteroatoms. The summed E-state index contributed by atoms with van der Waals surface area (Å²) >= 11 is 0. The first-order valence-electron chi connectivity index (χ1n) is 6.63. The first-order valence-corrected chi connectivity index (χ1v) is 6.63. The number of aromatic nitrogens is 2. The quantitative estimate of drug-likeness (QED) is 0.775. The Kier molecular flexibility index (Phi) is 4.47. The van der Waals surface area contributed by atoms with Crippen molar-refractivity contribution in [3.8, 4) is 0 Å². The standard InChI is InChI=1S/C15H16N2O4/c1-10(18)11(2)21-14(19)7-8-17-9-16-13-6-4-3-5-12(13)15(17)20/h3-6,9,11H,7-8H2,1-2H3. The van der Waals surface area contributed by atoms with Crippen LogP contribution in [0.15, 0.2) is 35.4 Å². The summed E-state index contributed by atoms with van der Waals surface area (Å²) in [5.74, 6) is -0.731. The third-order valence-corrected chi connectivity index (χ3v) is 3.17. The second-order valence-electron chi connectivity index (χ2n) is 4.75. The van der Waals surface area contributed by atoms with Crippen LogP contribution in [0.25, 0.3) is 10.9 Å². The normalized spacial score (nSPS) is 12.1. The van der Waals surface area contributed by atoms with Crippen LogP contribution < -0.4 is 5.56 Å². The van der Waals surface area contributed by atoms with Crippen molar-refractivity contribution in [2.75, 3.05) is 0 Å². The third-order valence-electron chi connectivity index (χ3n) is 3.17. The Morgan fingerprint density at radius 3 is 2.76 bits per heavy atom. The minimum Gasteiger partial charge on any atom is -0.455 e. The van der Waals surface area contributed by atoms with Crippen LogP contribution in [0, 0.1) is 0 Å². The van der Waals surface area contributed by atoms with Crippen LogP contribution in [0.1, 0.15) is 20.3 Å². The Balaban J connectivity index is 2.07. The maximum absolute atomic E-state index is 12.2. The van der Waals surface area contributed by atoms with Crippen LogP contribution in [0.2, 0.25) is 0 Å². The van der Waals surface area contributed by atoms with Crippen LogP contribution in [0.3, 0.4) is 0 Å². The Morgan fingerprint density at radius 2 is 2.05 bits per heavy atom. The summed E-state index contributed by atoms with van der Waals surface area (Å²) in [6.45, 7) is 3.04. The molecule has 0 bridgehead atoms. The molecule has 1 aromatic heterocycles. The summed E-state index contributed by atoms with van der Waals surface area (Å²) in [6, 6.07) is 7.01. The summed E-state index contributed by atoms with van der Waals surface area (Å²) in [7, 11) is 0. The smallest absolute Gasteiger partial charge is 0.308 e. The van der Waals surface area contributed by atoms with Crippen molar-refractivity contribution >= 4 is 22.7 Å². The third kappa shape index (κ3) is 3.53. The monoisotopic (exact) mass is 288 g/mol. The number of para-hydroxylation sites is 1. The van der Waals surface area contributed by atoms with Crippen molar-refractivity contribution in [2.45, 2.75) is 32.9 Å². The van der Waals surface area contributed by atoms with Crippen LogP contribution in [-0.2, 0) is 20.9 Å². The lowest BCUT2D eigenvalue weighted by Crippen LogP contribution is -2.25. The number of Topliss-reactive ketones (excluding diaryl/α,β-unsaturated/α-hetero) is 1. The molecule has 21 heavy (non-hydrogen) atoms. The molecule has 1 atom stereocenters. The van der Waals surface area contributed by atoms with Gasteiger partial charge >= 0.3 is 5.97 Å². The zero-order chi connectivity index (χ0) is 15.4. The van der Waals surface area contributed by atoms with Crippen molar-refractivity contribution < 1.29 is 14.3 Å². The number of ketones is 1. The molecule has 0 aliphatic rings. The first kappa shape index (κ1) is 14.9. The molecule has 0 radical (unpaired) electrons. The number of hydrogen-bond donors (Lipinski definition) is 0. The van der Waals surface area contributed by atoms with E-state index in [2.05, 4.69) is 4.98 Å². The molecule has 0 N–H and O–H groups in total. The highest BCUT2D eigenvalue weighted by Crippen LogP contribution is 2.05. The van der Waals surface area contributed by atoms with E-state index in [9.17, 15) is 14.4 Å². The van der Waals surface area contributed by atoms with Gasteiger partial charge in [-0.15, -0.1) is 0 Å². The zero-order valence-electron chi connectivity index (χ0n) is 11.9. The van der Waals surface area contributed by atoms with Crippen molar-refractivity contribution in [1.29, 1.82) is 0 Å². The van der Waals surface area contributed by atoms with Crippen LogP contribution >= 0.6 is 0 Å². The molecule has 1 unspecified atom stereocenters. The summed E-state index contributed by atoms with van der Waals surface area (Å²) < 4.78 is 6.30. The molecule has 1 heterocycles. The van der Waals surface area contributed by atoms with Gasteiger partial charge in [-0.25, -0.2) is 4.98 Å². The first-order chi connectivity index (χ1) is 9.99. The van der Waals surface area contributed by atoms with Gasteiger partial charge in [0, 0.05) is 6.54 Å². The van der Waals surface area contributed by atoms with Crippen LogP contribution in [-0.4, -0.2) is 27.4 Å². The number of ether oxygens (including phenoxy) is 1. The Labute approximate surface area is 121 Å². The van der Waals surface area contributed by atoms with Crippen molar-refractivity contribution in [3.05, 3.63) is 40.9 Å². The predicted molar refractivity (Wildman–Crippen MR) is 76.9 cm³/mol. The van der Waals surface area contributed by atoms with Gasteiger partial charge in [-0.3, -0.25) is 19.0 Å². The number of benzene rings is 1. The molecule has 0 saturated heterocycles. The Hall–Kier alpha value is -2.50. The highest BCUT2D eigenvalue weighted by atomic mass is 16.5. The summed E-state index contributed by atoms with van der Waals surface area (Å²) in [6.07, 6.45) is 0.660. The fourth-order valence-electron chi connectivity index (χ4n) is 1.82. The molecule has 2 aromatic rings. The molecule has 0 saturated carbocycles. The molecule has 0 spiro atoms. The number of carbonyl (C=O) groups excluding carboxylic acids is 2. The number of rotatable bonds is 5. The Morgan fingerprint density at radius 1 is 1.33 bits per heavy atom. The number of hydrogen-bond acceptors (Lipinski definition) is 5. The lowest BCUT2D eigenvalue weighted by molar-refractivity contribution is -0.153. The van der Waals surface area contributed by atoms with Gasteiger partial charge in [0.05, 0.1) is 23.7 Å². The largest absolute Gasteiger partial charge is 0.455 e. The van der Waals surface area contributed by atoms with Crippen LogP contribution in [0.4, 0.5) is 0 Å². The van der Waals surface area contributed by atoms with Gasteiger partial charge in [-0.05, 0) is 26.0 Å². The molecule has 0 fully saturated rings. The second kappa shape index (κ2) is 6.30. The number of nitrogens with zero attached hydrogens (tertiary/aromatic N) is 2. The average Bonchev–Trinajstić information content (AvgIpc) is 2.46. The van der Waals surface area contributed by atoms with E-state index in [0.29, 0.717) is 10.9 Å². The minimum absolute atomic E-state index is 0.0115. The maximum Gasteiger partial charge on any atom is 0.308 e. The molecule has 0 amide bonds. The van der Waals surface area contributed by atoms with Gasteiger partial charge in [0.1, 0.15) is 0 Å². The van der Waals surface area contributed by atoms with E-state index in [1.165, 1.54) is 24.7 Å². The van der Waals surface area contributed by atoms with Crippen molar-refractivity contribution in [3.63, 3.8) is 0 Å². The molecule has 2 rings (SSSR count). The zero-order valence-corrected chi connectivity index (χ0v) is 11.9. The fourth-order valence-corrected chi connectivity index (χ4v) is 1.82. The molecule has 1 aromatic carbocycles. The van der Waals surface area contributed by atoms with E-state index in [-0.39, 0.29) is 24.3 Å². The Bertz CT molecular complexity index is 736. The highest BCUT2D eigenvalue weighted by molar-refractivity contribution is 5.83. The van der Waals surface area contributed by atoms with Gasteiger partial charge in [0.2, 0.25) is 0 Å². The topological polar surface area (TPSA) is 78.3 Å². The van der Waals surface area contributed by atoms with E-state index in [1.54, 1.807) is 24.3 Å². The summed E-state index contributed by atoms with van der Waals surface area (Å²) in [5, 5.41) is 0.505. The molecule has 110 valence electrons. The second-order valence-corrected chi connectivity index (χ2v) is 4.75. The van der Waals surface area contributed by atoms with Gasteiger partial charge in [0.25, 0.3) is 5.56 Å². The summed E-state index contributed by atoms with van der Waals surface area (Å²) in [4.78, 5) is 39.0. The molecule has 0 aliphatic carbocycles. The average molecular weight is 288 g/mol. The SMILES string of the molecule is CC(=O)C(C)OC(=O)CCn1cnc2ccccc2c1=O. The number of fused-ring (bicyclic) bond motifs is 1. The van der Waals surface area contributed by atoms with Gasteiger partial charge in [-0.1, -0.05) is 12.1 Å². The minimum atomic E-state index is -0.760. The number of aryl methyl sites for hydroxylation is 1. The predicted octanol–water partition coefficient (Wildman–Crippen LogP) is 1.31. The summed E-state index contributed by atoms with van der Waals surface area (Å²) in [5.41, 5.74) is 0.416. The van der Waals surface area contributed by atoms with Gasteiger partial charge in [-0.2, -0.15) is 0 Å². The fraction of sp³-hybridized carbons (Fsp3) is 0.333. The van der Waals surface area contributed by atoms with Crippen LogP contribution in [0.5, 0.6) is 0 Å². The van der Waals surface area contributed by atoms with E-state index in [1.807, 2.05) is 0 Å².